The normalized spacial score (nSPS) is 21.9. The van der Waals surface area contributed by atoms with Gasteiger partial charge in [0.1, 0.15) is 5.52 Å². The molecule has 0 aliphatic carbocycles. The average molecular weight is 385 g/mol. The Morgan fingerprint density at radius 1 is 1.18 bits per heavy atom. The molecule has 3 heterocycles. The highest BCUT2D eigenvalue weighted by Gasteiger charge is 2.27. The molecule has 1 atom stereocenters. The summed E-state index contributed by atoms with van der Waals surface area (Å²) in [5.41, 5.74) is 1.71. The van der Waals surface area contributed by atoms with Crippen LogP contribution in [0, 0.1) is 5.92 Å². The van der Waals surface area contributed by atoms with Crippen LogP contribution in [0.25, 0.3) is 11.1 Å². The van der Waals surface area contributed by atoms with Crippen LogP contribution in [0.5, 0.6) is 0 Å². The maximum Gasteiger partial charge on any atom is 0.298 e. The minimum absolute atomic E-state index is 0.106. The quantitative estimate of drug-likeness (QED) is 0.773. The Morgan fingerprint density at radius 2 is 2.00 bits per heavy atom. The predicted molar refractivity (Wildman–Crippen MR) is 111 cm³/mol. The van der Waals surface area contributed by atoms with Crippen LogP contribution in [-0.4, -0.2) is 54.6 Å². The SMILES string of the molecule is C[C@@H]1CCCCN1CCCNC(=O)C1CCN(c2nc3ccccc3o2)CC1. The van der Waals surface area contributed by atoms with Crippen molar-refractivity contribution in [2.24, 2.45) is 5.92 Å². The molecule has 1 aromatic heterocycles. The second-order valence-corrected chi connectivity index (χ2v) is 8.25. The van der Waals surface area contributed by atoms with E-state index < -0.39 is 0 Å². The third kappa shape index (κ3) is 4.49. The van der Waals surface area contributed by atoms with Gasteiger partial charge in [-0.3, -0.25) is 4.79 Å². The van der Waals surface area contributed by atoms with E-state index in [9.17, 15) is 4.79 Å². The van der Waals surface area contributed by atoms with Gasteiger partial charge in [0.25, 0.3) is 6.01 Å². The van der Waals surface area contributed by atoms with E-state index in [1.165, 1.54) is 25.8 Å². The van der Waals surface area contributed by atoms with Crippen LogP contribution in [0.1, 0.15) is 45.4 Å². The van der Waals surface area contributed by atoms with Crippen LogP contribution in [-0.2, 0) is 4.79 Å². The van der Waals surface area contributed by atoms with Crippen molar-refractivity contribution in [2.75, 3.05) is 37.6 Å². The van der Waals surface area contributed by atoms with Gasteiger partial charge in [-0.2, -0.15) is 4.98 Å². The van der Waals surface area contributed by atoms with E-state index in [1.54, 1.807) is 0 Å². The van der Waals surface area contributed by atoms with Crippen molar-refractivity contribution in [2.45, 2.75) is 51.5 Å². The summed E-state index contributed by atoms with van der Waals surface area (Å²) in [5, 5.41) is 3.16. The van der Waals surface area contributed by atoms with Crippen LogP contribution >= 0.6 is 0 Å². The number of nitrogens with one attached hydrogen (secondary N) is 1. The van der Waals surface area contributed by atoms with Crippen molar-refractivity contribution < 1.29 is 9.21 Å². The first kappa shape index (κ1) is 19.2. The first-order valence-electron chi connectivity index (χ1n) is 10.8. The summed E-state index contributed by atoms with van der Waals surface area (Å²) in [5.74, 6) is 0.318. The molecular weight excluding hydrogens is 352 g/mol. The smallest absolute Gasteiger partial charge is 0.298 e. The number of carbonyl (C=O) groups excluding carboxylic acids is 1. The second kappa shape index (κ2) is 8.95. The number of aromatic nitrogens is 1. The fourth-order valence-corrected chi connectivity index (χ4v) is 4.46. The minimum atomic E-state index is 0.106. The molecule has 2 fully saturated rings. The lowest BCUT2D eigenvalue weighted by Gasteiger charge is -2.33. The molecule has 4 rings (SSSR count). The molecule has 2 aliphatic heterocycles. The lowest BCUT2D eigenvalue weighted by atomic mass is 9.96. The number of likely N-dealkylation sites (tertiary alicyclic amines) is 1. The van der Waals surface area contributed by atoms with E-state index >= 15 is 0 Å². The molecule has 0 saturated carbocycles. The zero-order valence-electron chi connectivity index (χ0n) is 16.9. The third-order valence-corrected chi connectivity index (χ3v) is 6.28. The molecule has 0 radical (unpaired) electrons. The van der Waals surface area contributed by atoms with Gasteiger partial charge in [-0.1, -0.05) is 18.6 Å². The Morgan fingerprint density at radius 3 is 2.79 bits per heavy atom. The molecule has 0 unspecified atom stereocenters. The molecule has 0 bridgehead atoms. The number of para-hydroxylation sites is 2. The monoisotopic (exact) mass is 384 g/mol. The van der Waals surface area contributed by atoms with Crippen LogP contribution in [0.3, 0.4) is 0 Å². The molecule has 2 saturated heterocycles. The van der Waals surface area contributed by atoms with Gasteiger partial charge in [-0.15, -0.1) is 0 Å². The van der Waals surface area contributed by atoms with Gasteiger partial charge in [-0.25, -0.2) is 0 Å². The van der Waals surface area contributed by atoms with Crippen LogP contribution < -0.4 is 10.2 Å². The van der Waals surface area contributed by atoms with Gasteiger partial charge in [0, 0.05) is 38.1 Å². The molecule has 28 heavy (non-hydrogen) atoms. The lowest BCUT2D eigenvalue weighted by Crippen LogP contribution is -2.42. The Labute approximate surface area is 167 Å². The molecule has 1 N–H and O–H groups in total. The van der Waals surface area contributed by atoms with Gasteiger partial charge in [0.2, 0.25) is 5.91 Å². The number of piperidine rings is 2. The molecular formula is C22H32N4O2. The molecule has 0 spiro atoms. The summed E-state index contributed by atoms with van der Waals surface area (Å²) in [7, 11) is 0. The molecule has 152 valence electrons. The number of fused-ring (bicyclic) bond motifs is 1. The number of amides is 1. The van der Waals surface area contributed by atoms with E-state index in [2.05, 4.69) is 27.0 Å². The van der Waals surface area contributed by atoms with Gasteiger partial charge >= 0.3 is 0 Å². The molecule has 1 aromatic carbocycles. The van der Waals surface area contributed by atoms with Gasteiger partial charge in [0.05, 0.1) is 0 Å². The molecule has 2 aromatic rings. The van der Waals surface area contributed by atoms with Gasteiger partial charge in [0.15, 0.2) is 5.58 Å². The summed E-state index contributed by atoms with van der Waals surface area (Å²) in [4.78, 5) is 21.8. The second-order valence-electron chi connectivity index (χ2n) is 8.25. The lowest BCUT2D eigenvalue weighted by molar-refractivity contribution is -0.125. The van der Waals surface area contributed by atoms with Gasteiger partial charge < -0.3 is 19.5 Å². The Balaban J connectivity index is 1.18. The average Bonchev–Trinajstić information content (AvgIpc) is 3.17. The van der Waals surface area contributed by atoms with Crippen molar-refractivity contribution in [1.82, 2.24) is 15.2 Å². The van der Waals surface area contributed by atoms with Crippen LogP contribution in [0.4, 0.5) is 6.01 Å². The Kier molecular flexibility index (Phi) is 6.15. The van der Waals surface area contributed by atoms with Crippen molar-refractivity contribution >= 4 is 23.0 Å². The zero-order valence-corrected chi connectivity index (χ0v) is 16.9. The minimum Gasteiger partial charge on any atom is -0.423 e. The van der Waals surface area contributed by atoms with Crippen molar-refractivity contribution in [3.8, 4) is 0 Å². The number of benzene rings is 1. The highest BCUT2D eigenvalue weighted by Crippen LogP contribution is 2.26. The summed E-state index contributed by atoms with van der Waals surface area (Å²) in [6, 6.07) is 9.21. The van der Waals surface area contributed by atoms with E-state index in [0.717, 1.165) is 56.5 Å². The maximum absolute atomic E-state index is 12.5. The summed E-state index contributed by atoms with van der Waals surface area (Å²) in [6.45, 7) is 7.04. The van der Waals surface area contributed by atoms with E-state index in [-0.39, 0.29) is 11.8 Å². The zero-order chi connectivity index (χ0) is 19.3. The molecule has 6 heteroatoms. The highest BCUT2D eigenvalue weighted by atomic mass is 16.4. The fourth-order valence-electron chi connectivity index (χ4n) is 4.46. The molecule has 2 aliphatic rings. The predicted octanol–water partition coefficient (Wildman–Crippen LogP) is 3.42. The highest BCUT2D eigenvalue weighted by molar-refractivity contribution is 5.79. The summed E-state index contributed by atoms with van der Waals surface area (Å²) < 4.78 is 5.86. The van der Waals surface area contributed by atoms with Crippen LogP contribution in [0.15, 0.2) is 28.7 Å². The largest absolute Gasteiger partial charge is 0.423 e. The van der Waals surface area contributed by atoms with E-state index in [4.69, 9.17) is 4.42 Å². The van der Waals surface area contributed by atoms with Gasteiger partial charge in [-0.05, 0) is 57.7 Å². The first-order valence-corrected chi connectivity index (χ1v) is 10.8. The Bertz CT molecular complexity index is 749. The number of rotatable bonds is 6. The first-order chi connectivity index (χ1) is 13.7. The topological polar surface area (TPSA) is 61.6 Å². The number of nitrogens with zero attached hydrogens (tertiary/aromatic N) is 3. The number of oxazole rings is 1. The maximum atomic E-state index is 12.5. The summed E-state index contributed by atoms with van der Waals surface area (Å²) >= 11 is 0. The number of hydrogen-bond donors (Lipinski definition) is 1. The fraction of sp³-hybridized carbons (Fsp3) is 0.636. The molecule has 6 nitrogen and oxygen atoms in total. The van der Waals surface area contributed by atoms with Crippen molar-refractivity contribution in [3.05, 3.63) is 24.3 Å². The number of carbonyl (C=O) groups is 1. The van der Waals surface area contributed by atoms with E-state index in [1.807, 2.05) is 24.3 Å². The van der Waals surface area contributed by atoms with Crippen molar-refractivity contribution in [1.29, 1.82) is 0 Å². The third-order valence-electron chi connectivity index (χ3n) is 6.28. The summed E-state index contributed by atoms with van der Waals surface area (Å²) in [6.07, 6.45) is 6.73. The van der Waals surface area contributed by atoms with Crippen LogP contribution in [0.2, 0.25) is 0 Å². The van der Waals surface area contributed by atoms with E-state index in [0.29, 0.717) is 12.1 Å². The molecule has 1 amide bonds. The number of anilines is 1. The number of hydrogen-bond acceptors (Lipinski definition) is 5. The Hall–Kier alpha value is -2.08. The standard InChI is InChI=1S/C22H32N4O2/c1-17-7-4-5-13-25(17)14-6-12-23-21(27)18-10-15-26(16-11-18)22-24-19-8-2-3-9-20(19)28-22/h2-3,8-9,17-18H,4-7,10-16H2,1H3,(H,23,27)/t17-/m1/s1. The van der Waals surface area contributed by atoms with Crippen molar-refractivity contribution in [3.63, 3.8) is 0 Å².